The van der Waals surface area contributed by atoms with Gasteiger partial charge >= 0.3 is 12.0 Å². The number of nitrogens with zero attached hydrogens (tertiary/aromatic N) is 2. The van der Waals surface area contributed by atoms with Gasteiger partial charge in [-0.3, -0.25) is 4.79 Å². The monoisotopic (exact) mass is 296 g/mol. The van der Waals surface area contributed by atoms with Crippen molar-refractivity contribution in [2.45, 2.75) is 46.2 Å². The molecule has 3 N–H and O–H groups in total. The van der Waals surface area contributed by atoms with E-state index in [1.54, 1.807) is 12.5 Å². The van der Waals surface area contributed by atoms with Crippen molar-refractivity contribution in [1.29, 1.82) is 0 Å². The van der Waals surface area contributed by atoms with Crippen molar-refractivity contribution in [3.8, 4) is 0 Å². The lowest BCUT2D eigenvalue weighted by Gasteiger charge is -2.27. The molecule has 118 valence electrons. The van der Waals surface area contributed by atoms with Crippen LogP contribution in [0.5, 0.6) is 0 Å². The third-order valence-corrected chi connectivity index (χ3v) is 3.82. The number of hydrogen-bond donors (Lipinski definition) is 3. The molecule has 0 bridgehead atoms. The van der Waals surface area contributed by atoms with Gasteiger partial charge in [-0.2, -0.15) is 0 Å². The van der Waals surface area contributed by atoms with E-state index in [4.69, 9.17) is 0 Å². The van der Waals surface area contributed by atoms with Crippen LogP contribution in [-0.4, -0.2) is 39.2 Å². The first-order valence-electron chi connectivity index (χ1n) is 7.17. The molecular weight excluding hydrogens is 272 g/mol. The Kier molecular flexibility index (Phi) is 6.20. The van der Waals surface area contributed by atoms with Crippen LogP contribution in [0.4, 0.5) is 4.79 Å². The van der Waals surface area contributed by atoms with Gasteiger partial charge in [0.05, 0.1) is 11.7 Å². The minimum atomic E-state index is -0.898. The Morgan fingerprint density at radius 3 is 2.52 bits per heavy atom. The summed E-state index contributed by atoms with van der Waals surface area (Å²) in [4.78, 5) is 27.1. The molecule has 7 nitrogen and oxygen atoms in total. The topological polar surface area (TPSA) is 96.3 Å². The van der Waals surface area contributed by atoms with Crippen LogP contribution in [-0.2, 0) is 11.3 Å². The van der Waals surface area contributed by atoms with Crippen LogP contribution < -0.4 is 10.6 Å². The smallest absolute Gasteiger partial charge is 0.315 e. The maximum absolute atomic E-state index is 11.8. The third kappa shape index (κ3) is 4.77. The molecule has 0 spiro atoms. The van der Waals surface area contributed by atoms with Gasteiger partial charge in [0.15, 0.2) is 0 Å². The second-order valence-corrected chi connectivity index (χ2v) is 5.28. The van der Waals surface area contributed by atoms with Gasteiger partial charge < -0.3 is 20.3 Å². The number of rotatable bonds is 8. The van der Waals surface area contributed by atoms with Gasteiger partial charge in [-0.1, -0.05) is 13.8 Å². The summed E-state index contributed by atoms with van der Waals surface area (Å²) in [6.07, 6.45) is 6.13. The van der Waals surface area contributed by atoms with E-state index in [0.717, 1.165) is 0 Å². The number of carboxylic acids is 1. The lowest BCUT2D eigenvalue weighted by Crippen LogP contribution is -2.48. The van der Waals surface area contributed by atoms with Gasteiger partial charge in [0.1, 0.15) is 0 Å². The van der Waals surface area contributed by atoms with Gasteiger partial charge in [0.2, 0.25) is 0 Å². The van der Waals surface area contributed by atoms with E-state index in [0.29, 0.717) is 19.4 Å². The summed E-state index contributed by atoms with van der Waals surface area (Å²) in [5.41, 5.74) is -0.898. The van der Waals surface area contributed by atoms with Crippen molar-refractivity contribution in [1.82, 2.24) is 20.2 Å². The minimum Gasteiger partial charge on any atom is -0.481 e. The molecule has 7 heteroatoms. The molecule has 1 atom stereocenters. The average Bonchev–Trinajstić information content (AvgIpc) is 2.92. The summed E-state index contributed by atoms with van der Waals surface area (Å²) >= 11 is 0. The fourth-order valence-electron chi connectivity index (χ4n) is 2.16. The molecule has 1 aromatic heterocycles. The Balaban J connectivity index is 2.44. The van der Waals surface area contributed by atoms with Crippen molar-refractivity contribution in [2.75, 3.05) is 6.54 Å². The highest BCUT2D eigenvalue weighted by atomic mass is 16.4. The summed E-state index contributed by atoms with van der Waals surface area (Å²) in [6.45, 7) is 6.25. The van der Waals surface area contributed by atoms with Crippen molar-refractivity contribution in [2.24, 2.45) is 5.41 Å². The lowest BCUT2D eigenvalue weighted by atomic mass is 9.82. The molecule has 0 fully saturated rings. The van der Waals surface area contributed by atoms with Crippen LogP contribution in [0.15, 0.2) is 18.7 Å². The lowest BCUT2D eigenvalue weighted by molar-refractivity contribution is -0.149. The van der Waals surface area contributed by atoms with Crippen molar-refractivity contribution < 1.29 is 14.7 Å². The Labute approximate surface area is 124 Å². The highest BCUT2D eigenvalue weighted by molar-refractivity contribution is 5.78. The van der Waals surface area contributed by atoms with Crippen LogP contribution in [0.1, 0.15) is 33.6 Å². The van der Waals surface area contributed by atoms with E-state index in [-0.39, 0.29) is 18.6 Å². The maximum Gasteiger partial charge on any atom is 0.315 e. The summed E-state index contributed by atoms with van der Waals surface area (Å²) in [7, 11) is 0. The largest absolute Gasteiger partial charge is 0.481 e. The molecule has 0 radical (unpaired) electrons. The number of carbonyl (C=O) groups is 2. The summed E-state index contributed by atoms with van der Waals surface area (Å²) < 4.78 is 1.87. The van der Waals surface area contributed by atoms with E-state index in [1.807, 2.05) is 31.5 Å². The summed E-state index contributed by atoms with van der Waals surface area (Å²) in [6, 6.07) is -0.433. The standard InChI is InChI=1S/C14H24N4O3/c1-4-14(5-2,12(19)20)9-16-13(21)17-11(3)8-18-7-6-15-10-18/h6-7,10-11H,4-5,8-9H2,1-3H3,(H,19,20)(H2,16,17,21). The first-order chi connectivity index (χ1) is 9.93. The highest BCUT2D eigenvalue weighted by Crippen LogP contribution is 2.25. The molecule has 1 unspecified atom stereocenters. The van der Waals surface area contributed by atoms with Gasteiger partial charge in [-0.05, 0) is 19.8 Å². The second kappa shape index (κ2) is 7.66. The molecule has 2 amide bonds. The van der Waals surface area contributed by atoms with E-state index < -0.39 is 11.4 Å². The number of urea groups is 1. The number of hydrogen-bond acceptors (Lipinski definition) is 3. The minimum absolute atomic E-state index is 0.0818. The Morgan fingerprint density at radius 2 is 2.05 bits per heavy atom. The SMILES string of the molecule is CCC(CC)(CNC(=O)NC(C)Cn1ccnc1)C(=O)O. The van der Waals surface area contributed by atoms with E-state index in [9.17, 15) is 14.7 Å². The van der Waals surface area contributed by atoms with E-state index >= 15 is 0 Å². The number of nitrogens with one attached hydrogen (secondary N) is 2. The van der Waals surface area contributed by atoms with Crippen LogP contribution in [0.3, 0.4) is 0 Å². The van der Waals surface area contributed by atoms with E-state index in [1.165, 1.54) is 0 Å². The first-order valence-corrected chi connectivity index (χ1v) is 7.17. The molecule has 0 saturated carbocycles. The van der Waals surface area contributed by atoms with Crippen molar-refractivity contribution in [3.63, 3.8) is 0 Å². The number of imidazole rings is 1. The molecule has 1 rings (SSSR count). The molecule has 0 aliphatic carbocycles. The Morgan fingerprint density at radius 1 is 1.38 bits per heavy atom. The van der Waals surface area contributed by atoms with Crippen LogP contribution in [0.2, 0.25) is 0 Å². The highest BCUT2D eigenvalue weighted by Gasteiger charge is 2.35. The Bertz CT molecular complexity index is 455. The predicted molar refractivity (Wildman–Crippen MR) is 78.9 cm³/mol. The second-order valence-electron chi connectivity index (χ2n) is 5.28. The van der Waals surface area contributed by atoms with Gasteiger partial charge in [-0.15, -0.1) is 0 Å². The molecule has 1 heterocycles. The molecule has 0 aliphatic rings. The van der Waals surface area contributed by atoms with Crippen LogP contribution >= 0.6 is 0 Å². The number of carbonyl (C=O) groups excluding carboxylic acids is 1. The quantitative estimate of drug-likeness (QED) is 0.676. The zero-order valence-corrected chi connectivity index (χ0v) is 12.8. The Hall–Kier alpha value is -2.05. The number of aromatic nitrogens is 2. The van der Waals surface area contributed by atoms with Crippen molar-refractivity contribution >= 4 is 12.0 Å². The van der Waals surface area contributed by atoms with Crippen LogP contribution in [0.25, 0.3) is 0 Å². The molecule has 0 aliphatic heterocycles. The van der Waals surface area contributed by atoms with Gasteiger partial charge in [-0.25, -0.2) is 9.78 Å². The molecule has 21 heavy (non-hydrogen) atoms. The summed E-state index contributed by atoms with van der Waals surface area (Å²) in [5, 5.41) is 14.8. The number of amides is 2. The third-order valence-electron chi connectivity index (χ3n) is 3.82. The van der Waals surface area contributed by atoms with Crippen molar-refractivity contribution in [3.05, 3.63) is 18.7 Å². The van der Waals surface area contributed by atoms with Gasteiger partial charge in [0.25, 0.3) is 0 Å². The maximum atomic E-state index is 11.8. The molecule has 1 aromatic rings. The number of aliphatic carboxylic acids is 1. The zero-order valence-electron chi connectivity index (χ0n) is 12.8. The predicted octanol–water partition coefficient (Wildman–Crippen LogP) is 1.46. The van der Waals surface area contributed by atoms with E-state index in [2.05, 4.69) is 15.6 Å². The first kappa shape index (κ1) is 17.0. The normalized spacial score (nSPS) is 12.7. The molecule has 0 aromatic carbocycles. The van der Waals surface area contributed by atoms with Gasteiger partial charge in [0, 0.05) is 31.5 Å². The molecular formula is C14H24N4O3. The zero-order chi connectivity index (χ0) is 15.9. The fraction of sp³-hybridized carbons (Fsp3) is 0.643. The fourth-order valence-corrected chi connectivity index (χ4v) is 2.16. The number of carboxylic acid groups (broad SMARTS) is 1. The van der Waals surface area contributed by atoms with Crippen LogP contribution in [0, 0.1) is 5.41 Å². The average molecular weight is 296 g/mol. The summed E-state index contributed by atoms with van der Waals surface area (Å²) in [5.74, 6) is -0.876. The molecule has 0 saturated heterocycles.